The maximum atomic E-state index is 6.25. The Balaban J connectivity index is 1.60. The van der Waals surface area contributed by atoms with E-state index in [4.69, 9.17) is 11.6 Å². The van der Waals surface area contributed by atoms with Gasteiger partial charge in [-0.3, -0.25) is 4.90 Å². The third-order valence-electron chi connectivity index (χ3n) is 3.61. The molecule has 1 aliphatic rings. The maximum Gasteiger partial charge on any atom is 0.185 e. The molecule has 1 N–H and O–H groups in total. The number of hydrogen-bond acceptors (Lipinski definition) is 6. The van der Waals surface area contributed by atoms with Gasteiger partial charge in [0.1, 0.15) is 5.82 Å². The summed E-state index contributed by atoms with van der Waals surface area (Å²) in [6, 6.07) is 3.80. The summed E-state index contributed by atoms with van der Waals surface area (Å²) in [5, 5.41) is 6.92. The monoisotopic (exact) mass is 323 g/mol. The van der Waals surface area contributed by atoms with Crippen LogP contribution in [0.5, 0.6) is 0 Å². The van der Waals surface area contributed by atoms with Gasteiger partial charge in [0, 0.05) is 51.3 Å². The van der Waals surface area contributed by atoms with Crippen LogP contribution in [0.15, 0.2) is 23.7 Å². The third kappa shape index (κ3) is 3.45. The summed E-state index contributed by atoms with van der Waals surface area (Å²) in [6.07, 6.45) is 1.86. The van der Waals surface area contributed by atoms with Crippen LogP contribution in [0.3, 0.4) is 0 Å². The van der Waals surface area contributed by atoms with Crippen LogP contribution >= 0.6 is 22.9 Å². The molecule has 7 heteroatoms. The number of aromatic nitrogens is 2. The van der Waals surface area contributed by atoms with Crippen LogP contribution in [0.2, 0.25) is 5.02 Å². The zero-order chi connectivity index (χ0) is 14.7. The molecule has 5 nitrogen and oxygen atoms in total. The lowest BCUT2D eigenvalue weighted by molar-refractivity contribution is 0.247. The van der Waals surface area contributed by atoms with Gasteiger partial charge in [0.2, 0.25) is 0 Å². The third-order valence-corrected chi connectivity index (χ3v) is 4.79. The number of piperazine rings is 1. The van der Waals surface area contributed by atoms with Crippen LogP contribution in [0.25, 0.3) is 0 Å². The smallest absolute Gasteiger partial charge is 0.185 e. The van der Waals surface area contributed by atoms with E-state index in [1.807, 2.05) is 30.8 Å². The van der Waals surface area contributed by atoms with Crippen molar-refractivity contribution in [3.63, 3.8) is 0 Å². The fourth-order valence-electron chi connectivity index (χ4n) is 2.42. The van der Waals surface area contributed by atoms with Crippen molar-refractivity contribution < 1.29 is 0 Å². The van der Waals surface area contributed by atoms with Gasteiger partial charge in [-0.05, 0) is 12.1 Å². The van der Waals surface area contributed by atoms with Gasteiger partial charge in [0.05, 0.1) is 10.7 Å². The van der Waals surface area contributed by atoms with Gasteiger partial charge in [-0.25, -0.2) is 9.97 Å². The average molecular weight is 324 g/mol. The molecule has 2 aromatic heterocycles. The summed E-state index contributed by atoms with van der Waals surface area (Å²) in [5.74, 6) is 0.857. The first kappa shape index (κ1) is 14.6. The molecule has 1 aliphatic heterocycles. The summed E-state index contributed by atoms with van der Waals surface area (Å²) in [7, 11) is 1.87. The van der Waals surface area contributed by atoms with Crippen molar-refractivity contribution >= 4 is 33.9 Å². The number of nitrogens with one attached hydrogen (secondary N) is 1. The molecule has 1 saturated heterocycles. The Bertz CT molecular complexity index is 581. The largest absolute Gasteiger partial charge is 0.373 e. The number of nitrogens with zero attached hydrogens (tertiary/aromatic N) is 4. The van der Waals surface area contributed by atoms with Gasteiger partial charge in [-0.1, -0.05) is 11.6 Å². The van der Waals surface area contributed by atoms with E-state index in [1.54, 1.807) is 11.3 Å². The Morgan fingerprint density at radius 1 is 1.29 bits per heavy atom. The van der Waals surface area contributed by atoms with Crippen molar-refractivity contribution in [3.8, 4) is 0 Å². The quantitative estimate of drug-likeness (QED) is 0.937. The minimum absolute atomic E-state index is 0.733. The van der Waals surface area contributed by atoms with E-state index < -0.39 is 0 Å². The first-order valence-electron chi connectivity index (χ1n) is 6.96. The molecule has 0 spiro atoms. The highest BCUT2D eigenvalue weighted by Crippen LogP contribution is 2.21. The Morgan fingerprint density at radius 3 is 2.76 bits per heavy atom. The standard InChI is InChI=1S/C14H18ClN5S/c1-16-13-3-2-11(15)12(18-13)10-19-5-7-20(8-6-19)14-17-4-9-21-14/h2-4,9H,5-8,10H2,1H3,(H,16,18). The molecule has 112 valence electrons. The van der Waals surface area contributed by atoms with Crippen LogP contribution in [0.4, 0.5) is 10.9 Å². The molecule has 0 bridgehead atoms. The second kappa shape index (κ2) is 6.60. The Labute approximate surface area is 133 Å². The molecular weight excluding hydrogens is 306 g/mol. The maximum absolute atomic E-state index is 6.25. The fraction of sp³-hybridized carbons (Fsp3) is 0.429. The fourth-order valence-corrected chi connectivity index (χ4v) is 3.28. The molecule has 0 radical (unpaired) electrons. The molecule has 0 aromatic carbocycles. The predicted octanol–water partition coefficient (Wildman–Crippen LogP) is 2.56. The lowest BCUT2D eigenvalue weighted by Crippen LogP contribution is -2.46. The van der Waals surface area contributed by atoms with Crippen molar-refractivity contribution in [2.75, 3.05) is 43.4 Å². The summed E-state index contributed by atoms with van der Waals surface area (Å²) >= 11 is 7.94. The highest BCUT2D eigenvalue weighted by molar-refractivity contribution is 7.13. The predicted molar refractivity (Wildman–Crippen MR) is 88.4 cm³/mol. The van der Waals surface area contributed by atoms with Crippen LogP contribution < -0.4 is 10.2 Å². The van der Waals surface area contributed by atoms with E-state index >= 15 is 0 Å². The second-order valence-electron chi connectivity index (χ2n) is 4.95. The van der Waals surface area contributed by atoms with Crippen LogP contribution in [0.1, 0.15) is 5.69 Å². The Kier molecular flexibility index (Phi) is 4.57. The van der Waals surface area contributed by atoms with Crippen molar-refractivity contribution in [2.24, 2.45) is 0 Å². The molecule has 0 aliphatic carbocycles. The van der Waals surface area contributed by atoms with Crippen molar-refractivity contribution in [1.29, 1.82) is 0 Å². The Hall–Kier alpha value is -1.37. The van der Waals surface area contributed by atoms with E-state index in [0.717, 1.165) is 54.4 Å². The lowest BCUT2D eigenvalue weighted by Gasteiger charge is -2.34. The van der Waals surface area contributed by atoms with Crippen LogP contribution in [-0.2, 0) is 6.54 Å². The van der Waals surface area contributed by atoms with Gasteiger partial charge in [-0.2, -0.15) is 0 Å². The van der Waals surface area contributed by atoms with Crippen molar-refractivity contribution in [3.05, 3.63) is 34.4 Å². The van der Waals surface area contributed by atoms with Crippen molar-refractivity contribution in [1.82, 2.24) is 14.9 Å². The molecule has 0 unspecified atom stereocenters. The number of pyridine rings is 1. The SMILES string of the molecule is CNc1ccc(Cl)c(CN2CCN(c3nccs3)CC2)n1. The molecule has 1 fully saturated rings. The van der Waals surface area contributed by atoms with E-state index in [-0.39, 0.29) is 0 Å². The molecule has 0 amide bonds. The lowest BCUT2D eigenvalue weighted by atomic mass is 10.2. The van der Waals surface area contributed by atoms with Gasteiger partial charge in [0.25, 0.3) is 0 Å². The summed E-state index contributed by atoms with van der Waals surface area (Å²) < 4.78 is 0. The van der Waals surface area contributed by atoms with E-state index in [2.05, 4.69) is 25.1 Å². The minimum atomic E-state index is 0.733. The zero-order valence-corrected chi connectivity index (χ0v) is 13.5. The summed E-state index contributed by atoms with van der Waals surface area (Å²) in [5.41, 5.74) is 0.936. The summed E-state index contributed by atoms with van der Waals surface area (Å²) in [6.45, 7) is 4.79. The van der Waals surface area contributed by atoms with Gasteiger partial charge < -0.3 is 10.2 Å². The number of anilines is 2. The van der Waals surface area contributed by atoms with E-state index in [9.17, 15) is 0 Å². The molecular formula is C14H18ClN5S. The van der Waals surface area contributed by atoms with E-state index in [1.165, 1.54) is 0 Å². The Morgan fingerprint density at radius 2 is 2.10 bits per heavy atom. The number of thiazole rings is 1. The molecule has 0 saturated carbocycles. The molecule has 3 rings (SSSR count). The van der Waals surface area contributed by atoms with Gasteiger partial charge >= 0.3 is 0 Å². The van der Waals surface area contributed by atoms with Gasteiger partial charge in [-0.15, -0.1) is 11.3 Å². The highest BCUT2D eigenvalue weighted by atomic mass is 35.5. The first-order valence-corrected chi connectivity index (χ1v) is 8.22. The molecule has 21 heavy (non-hydrogen) atoms. The van der Waals surface area contributed by atoms with Gasteiger partial charge in [0.15, 0.2) is 5.13 Å². The zero-order valence-electron chi connectivity index (χ0n) is 11.9. The molecule has 3 heterocycles. The highest BCUT2D eigenvalue weighted by Gasteiger charge is 2.19. The normalized spacial score (nSPS) is 16.2. The minimum Gasteiger partial charge on any atom is -0.373 e. The number of rotatable bonds is 4. The first-order chi connectivity index (χ1) is 10.3. The van der Waals surface area contributed by atoms with E-state index in [0.29, 0.717) is 0 Å². The average Bonchev–Trinajstić information content (AvgIpc) is 3.04. The molecule has 0 atom stereocenters. The second-order valence-corrected chi connectivity index (χ2v) is 6.23. The molecule has 2 aromatic rings. The van der Waals surface area contributed by atoms with Crippen molar-refractivity contribution in [2.45, 2.75) is 6.54 Å². The topological polar surface area (TPSA) is 44.3 Å². The number of halogens is 1. The van der Waals surface area contributed by atoms with Crippen LogP contribution in [0, 0.1) is 0 Å². The summed E-state index contributed by atoms with van der Waals surface area (Å²) in [4.78, 5) is 13.6. The van der Waals surface area contributed by atoms with Crippen LogP contribution in [-0.4, -0.2) is 48.1 Å². The number of hydrogen-bond donors (Lipinski definition) is 1.